The summed E-state index contributed by atoms with van der Waals surface area (Å²) in [5, 5.41) is 2.47. The minimum Gasteiger partial charge on any atom is -0.444 e. The van der Waals surface area contributed by atoms with E-state index in [4.69, 9.17) is 4.74 Å². The number of anilines is 1. The van der Waals surface area contributed by atoms with Crippen LogP contribution in [-0.2, 0) is 11.2 Å². The zero-order chi connectivity index (χ0) is 20.1. The Morgan fingerprint density at radius 2 is 1.76 bits per heavy atom. The highest BCUT2D eigenvalue weighted by atomic mass is 16.6. The van der Waals surface area contributed by atoms with Crippen LogP contribution in [0.2, 0.25) is 0 Å². The summed E-state index contributed by atoms with van der Waals surface area (Å²) < 4.78 is 5.75. The van der Waals surface area contributed by atoms with Crippen molar-refractivity contribution in [1.29, 1.82) is 0 Å². The monoisotopic (exact) mass is 388 g/mol. The van der Waals surface area contributed by atoms with Crippen LogP contribution in [0.1, 0.15) is 18.9 Å². The molecule has 1 saturated heterocycles. The summed E-state index contributed by atoms with van der Waals surface area (Å²) in [5.41, 5.74) is 2.52. The molecule has 0 unspecified atom stereocenters. The topological polar surface area (TPSA) is 32.8 Å². The molecule has 0 aliphatic carbocycles. The molecule has 1 aliphatic rings. The van der Waals surface area contributed by atoms with E-state index in [-0.39, 0.29) is 12.2 Å². The highest BCUT2D eigenvalue weighted by molar-refractivity contribution is 5.94. The van der Waals surface area contributed by atoms with Gasteiger partial charge in [0.05, 0.1) is 6.54 Å². The van der Waals surface area contributed by atoms with Gasteiger partial charge in [0.2, 0.25) is 0 Å². The number of ether oxygens (including phenoxy) is 1. The van der Waals surface area contributed by atoms with Gasteiger partial charge in [-0.05, 0) is 30.4 Å². The maximum Gasteiger partial charge on any atom is 0.410 e. The van der Waals surface area contributed by atoms with Crippen molar-refractivity contribution in [3.05, 3.63) is 78.4 Å². The molecular weight excluding hydrogens is 360 g/mol. The molecule has 0 saturated carbocycles. The van der Waals surface area contributed by atoms with Crippen LogP contribution < -0.4 is 4.90 Å². The summed E-state index contributed by atoms with van der Waals surface area (Å²) in [6.45, 7) is 5.05. The third-order valence-electron chi connectivity index (χ3n) is 5.67. The first-order valence-corrected chi connectivity index (χ1v) is 10.5. The van der Waals surface area contributed by atoms with E-state index in [1.54, 1.807) is 4.90 Å². The van der Waals surface area contributed by atoms with Gasteiger partial charge in [0, 0.05) is 37.1 Å². The van der Waals surface area contributed by atoms with Crippen molar-refractivity contribution in [2.45, 2.75) is 25.9 Å². The van der Waals surface area contributed by atoms with Crippen molar-refractivity contribution in [2.75, 3.05) is 31.1 Å². The van der Waals surface area contributed by atoms with Gasteiger partial charge < -0.3 is 14.5 Å². The summed E-state index contributed by atoms with van der Waals surface area (Å²) in [4.78, 5) is 16.4. The fraction of sp³-hybridized carbons (Fsp3) is 0.320. The van der Waals surface area contributed by atoms with E-state index >= 15 is 0 Å². The molecule has 0 aromatic heterocycles. The second-order valence-corrected chi connectivity index (χ2v) is 7.55. The van der Waals surface area contributed by atoms with Crippen LogP contribution >= 0.6 is 0 Å². The summed E-state index contributed by atoms with van der Waals surface area (Å²) in [5.74, 6) is 0. The SMILES string of the molecule is CCN1CC[C@@H](CN(CCc2ccccc2)c2cccc3ccccc23)OC1=O. The molecule has 4 heteroatoms. The first-order valence-electron chi connectivity index (χ1n) is 10.5. The van der Waals surface area contributed by atoms with Crippen molar-refractivity contribution in [2.24, 2.45) is 0 Å². The molecule has 150 valence electrons. The number of hydrogen-bond donors (Lipinski definition) is 0. The van der Waals surface area contributed by atoms with Gasteiger partial charge >= 0.3 is 6.09 Å². The average molecular weight is 389 g/mol. The smallest absolute Gasteiger partial charge is 0.410 e. The highest BCUT2D eigenvalue weighted by Crippen LogP contribution is 2.28. The van der Waals surface area contributed by atoms with Crippen molar-refractivity contribution >= 4 is 22.6 Å². The molecule has 3 aromatic rings. The predicted molar refractivity (Wildman–Crippen MR) is 118 cm³/mol. The molecule has 1 aliphatic heterocycles. The molecule has 1 atom stereocenters. The number of nitrogens with zero attached hydrogens (tertiary/aromatic N) is 2. The molecule has 3 aromatic carbocycles. The third-order valence-corrected chi connectivity index (χ3v) is 5.67. The number of carbonyl (C=O) groups is 1. The Morgan fingerprint density at radius 3 is 2.55 bits per heavy atom. The average Bonchev–Trinajstić information content (AvgIpc) is 2.77. The number of benzene rings is 3. The molecular formula is C25H28N2O2. The highest BCUT2D eigenvalue weighted by Gasteiger charge is 2.28. The Labute approximate surface area is 172 Å². The second kappa shape index (κ2) is 8.99. The van der Waals surface area contributed by atoms with E-state index in [2.05, 4.69) is 71.6 Å². The lowest BCUT2D eigenvalue weighted by Gasteiger charge is -2.35. The molecule has 0 spiro atoms. The largest absolute Gasteiger partial charge is 0.444 e. The zero-order valence-corrected chi connectivity index (χ0v) is 17.0. The predicted octanol–water partition coefficient (Wildman–Crippen LogP) is 5.12. The minimum atomic E-state index is -0.190. The Morgan fingerprint density at radius 1 is 1.00 bits per heavy atom. The summed E-state index contributed by atoms with van der Waals surface area (Å²) in [6, 6.07) is 25.5. The van der Waals surface area contributed by atoms with Crippen molar-refractivity contribution < 1.29 is 9.53 Å². The zero-order valence-electron chi connectivity index (χ0n) is 17.0. The van der Waals surface area contributed by atoms with Crippen molar-refractivity contribution in [3.8, 4) is 0 Å². The quantitative estimate of drug-likeness (QED) is 0.563. The first-order chi connectivity index (χ1) is 14.2. The van der Waals surface area contributed by atoms with Gasteiger partial charge in [-0.1, -0.05) is 66.7 Å². The molecule has 4 nitrogen and oxygen atoms in total. The van der Waals surface area contributed by atoms with Crippen LogP contribution in [0, 0.1) is 0 Å². The molecule has 0 bridgehead atoms. The number of fused-ring (bicyclic) bond motifs is 1. The van der Waals surface area contributed by atoms with E-state index in [0.29, 0.717) is 13.1 Å². The van der Waals surface area contributed by atoms with Gasteiger partial charge in [-0.2, -0.15) is 0 Å². The first kappa shape index (κ1) is 19.3. The fourth-order valence-electron chi connectivity index (χ4n) is 4.03. The van der Waals surface area contributed by atoms with Crippen molar-refractivity contribution in [3.63, 3.8) is 0 Å². The second-order valence-electron chi connectivity index (χ2n) is 7.55. The van der Waals surface area contributed by atoms with Gasteiger partial charge in [0.1, 0.15) is 6.10 Å². The van der Waals surface area contributed by atoms with E-state index in [9.17, 15) is 4.79 Å². The summed E-state index contributed by atoms with van der Waals surface area (Å²) in [6.07, 6.45) is 1.54. The van der Waals surface area contributed by atoms with Crippen LogP contribution in [0.4, 0.5) is 10.5 Å². The maximum atomic E-state index is 12.2. The molecule has 0 radical (unpaired) electrons. The Hall–Kier alpha value is -3.01. The van der Waals surface area contributed by atoms with Gasteiger partial charge in [-0.15, -0.1) is 0 Å². The molecule has 29 heavy (non-hydrogen) atoms. The Bertz CT molecular complexity index is 952. The lowest BCUT2D eigenvalue weighted by atomic mass is 10.1. The number of amides is 1. The van der Waals surface area contributed by atoms with Crippen LogP contribution in [-0.4, -0.2) is 43.3 Å². The third kappa shape index (κ3) is 4.53. The minimum absolute atomic E-state index is 0.0833. The fourth-order valence-corrected chi connectivity index (χ4v) is 4.03. The molecule has 1 amide bonds. The number of hydrogen-bond acceptors (Lipinski definition) is 3. The summed E-state index contributed by atoms with van der Waals surface area (Å²) in [7, 11) is 0. The molecule has 4 rings (SSSR count). The number of carbonyl (C=O) groups excluding carboxylic acids is 1. The number of cyclic esters (lactones) is 1. The van der Waals surface area contributed by atoms with Crippen molar-refractivity contribution in [1.82, 2.24) is 4.90 Å². The van der Waals surface area contributed by atoms with Gasteiger partial charge in [0.25, 0.3) is 0 Å². The Balaban J connectivity index is 1.58. The van der Waals surface area contributed by atoms with Crippen LogP contribution in [0.15, 0.2) is 72.8 Å². The molecule has 0 N–H and O–H groups in total. The van der Waals surface area contributed by atoms with Crippen LogP contribution in [0.25, 0.3) is 10.8 Å². The lowest BCUT2D eigenvalue weighted by Crippen LogP contribution is -2.46. The van der Waals surface area contributed by atoms with E-state index in [1.165, 1.54) is 22.0 Å². The van der Waals surface area contributed by atoms with Gasteiger partial charge in [-0.25, -0.2) is 4.79 Å². The maximum absolute atomic E-state index is 12.2. The molecule has 1 fully saturated rings. The molecule has 1 heterocycles. The van der Waals surface area contributed by atoms with Crippen LogP contribution in [0.5, 0.6) is 0 Å². The van der Waals surface area contributed by atoms with Gasteiger partial charge in [-0.3, -0.25) is 0 Å². The van der Waals surface area contributed by atoms with E-state index in [0.717, 1.165) is 25.9 Å². The van der Waals surface area contributed by atoms with E-state index in [1.807, 2.05) is 13.0 Å². The van der Waals surface area contributed by atoms with Crippen LogP contribution in [0.3, 0.4) is 0 Å². The van der Waals surface area contributed by atoms with Gasteiger partial charge in [0.15, 0.2) is 0 Å². The normalized spacial score (nSPS) is 16.7. The lowest BCUT2D eigenvalue weighted by molar-refractivity contribution is 0.0300. The van der Waals surface area contributed by atoms with E-state index < -0.39 is 0 Å². The summed E-state index contributed by atoms with van der Waals surface area (Å²) >= 11 is 0. The standard InChI is InChI=1S/C25H28N2O2/c1-2-26-18-16-22(29-25(26)28)19-27(17-15-20-9-4-3-5-10-20)24-14-8-12-21-11-6-7-13-23(21)24/h3-14,22H,2,15-19H2,1H3/t22-/m0/s1. The Kier molecular flexibility index (Phi) is 5.99. The number of rotatable bonds is 7.